The van der Waals surface area contributed by atoms with E-state index in [1.165, 1.54) is 4.80 Å². The van der Waals surface area contributed by atoms with Crippen molar-refractivity contribution in [2.75, 3.05) is 17.7 Å². The number of anilines is 1. The molecule has 0 aliphatic rings. The van der Waals surface area contributed by atoms with Crippen LogP contribution in [0.25, 0.3) is 11.4 Å². The number of aliphatic hydroxyl groups is 1. The van der Waals surface area contributed by atoms with E-state index in [1.54, 1.807) is 7.05 Å². The molecular formula is C12H16ClN5O. The second kappa shape index (κ2) is 5.99. The van der Waals surface area contributed by atoms with E-state index in [2.05, 4.69) is 20.7 Å². The van der Waals surface area contributed by atoms with Gasteiger partial charge in [-0.1, -0.05) is 12.1 Å². The fraction of sp³-hybridized carbons (Fsp3) is 0.417. The minimum Gasteiger partial charge on any atom is -0.390 e. The number of tetrazole rings is 1. The average molecular weight is 282 g/mol. The van der Waals surface area contributed by atoms with Gasteiger partial charge in [0.1, 0.15) is 0 Å². The van der Waals surface area contributed by atoms with Crippen LogP contribution in [-0.2, 0) is 7.05 Å². The van der Waals surface area contributed by atoms with Crippen LogP contribution in [0.15, 0.2) is 18.2 Å². The predicted molar refractivity (Wildman–Crippen MR) is 74.2 cm³/mol. The summed E-state index contributed by atoms with van der Waals surface area (Å²) in [5, 5.41) is 24.6. The van der Waals surface area contributed by atoms with Gasteiger partial charge < -0.3 is 10.4 Å². The van der Waals surface area contributed by atoms with Gasteiger partial charge in [-0.05, 0) is 23.8 Å². The Hall–Kier alpha value is -1.66. The molecular weight excluding hydrogens is 266 g/mol. The first-order valence-corrected chi connectivity index (χ1v) is 6.46. The molecule has 19 heavy (non-hydrogen) atoms. The molecule has 1 atom stereocenters. The van der Waals surface area contributed by atoms with Crippen LogP contribution >= 0.6 is 11.6 Å². The highest BCUT2D eigenvalue weighted by molar-refractivity contribution is 6.18. The third kappa shape index (κ3) is 3.42. The summed E-state index contributed by atoms with van der Waals surface area (Å²) in [4.78, 5) is 1.42. The van der Waals surface area contributed by atoms with Crippen LogP contribution < -0.4 is 5.32 Å². The third-order valence-electron chi connectivity index (χ3n) is 2.71. The number of aliphatic hydroxyl groups excluding tert-OH is 1. The van der Waals surface area contributed by atoms with Gasteiger partial charge >= 0.3 is 0 Å². The standard InChI is InChI=1S/C12H16ClN5O/c1-8-3-4-9(12-15-17-18(2)16-12)5-11(8)14-7-10(19)6-13/h3-5,10,14,19H,6-7H2,1-2H3. The molecule has 102 valence electrons. The van der Waals surface area contributed by atoms with Crippen LogP contribution in [0.4, 0.5) is 5.69 Å². The maximum atomic E-state index is 9.47. The molecule has 2 aromatic rings. The van der Waals surface area contributed by atoms with Crippen molar-refractivity contribution in [2.45, 2.75) is 13.0 Å². The van der Waals surface area contributed by atoms with E-state index in [0.29, 0.717) is 12.4 Å². The van der Waals surface area contributed by atoms with E-state index >= 15 is 0 Å². The van der Waals surface area contributed by atoms with Crippen LogP contribution in [0.2, 0.25) is 0 Å². The van der Waals surface area contributed by atoms with Crippen molar-refractivity contribution in [3.8, 4) is 11.4 Å². The quantitative estimate of drug-likeness (QED) is 0.806. The van der Waals surface area contributed by atoms with Gasteiger partial charge in [0.05, 0.1) is 19.0 Å². The second-order valence-corrected chi connectivity index (χ2v) is 4.63. The second-order valence-electron chi connectivity index (χ2n) is 4.32. The lowest BCUT2D eigenvalue weighted by molar-refractivity contribution is 0.211. The summed E-state index contributed by atoms with van der Waals surface area (Å²) in [7, 11) is 1.72. The lowest BCUT2D eigenvalue weighted by Crippen LogP contribution is -2.21. The molecule has 1 unspecified atom stereocenters. The number of alkyl halides is 1. The summed E-state index contributed by atoms with van der Waals surface area (Å²) in [6, 6.07) is 5.85. The van der Waals surface area contributed by atoms with Crippen molar-refractivity contribution in [1.82, 2.24) is 20.2 Å². The topological polar surface area (TPSA) is 75.9 Å². The van der Waals surface area contributed by atoms with Crippen molar-refractivity contribution in [3.63, 3.8) is 0 Å². The first kappa shape index (κ1) is 13.8. The highest BCUT2D eigenvalue weighted by atomic mass is 35.5. The SMILES string of the molecule is Cc1ccc(-c2nnn(C)n2)cc1NCC(O)CCl. The minimum absolute atomic E-state index is 0.206. The van der Waals surface area contributed by atoms with Crippen LogP contribution in [0.3, 0.4) is 0 Å². The Balaban J connectivity index is 2.19. The van der Waals surface area contributed by atoms with Crippen molar-refractivity contribution < 1.29 is 5.11 Å². The van der Waals surface area contributed by atoms with Gasteiger partial charge in [0.15, 0.2) is 0 Å². The van der Waals surface area contributed by atoms with E-state index < -0.39 is 6.10 Å². The molecule has 2 N–H and O–H groups in total. The number of nitrogens with zero attached hydrogens (tertiary/aromatic N) is 4. The normalized spacial score (nSPS) is 12.4. The molecule has 0 spiro atoms. The number of benzene rings is 1. The van der Waals surface area contributed by atoms with Gasteiger partial charge in [0.25, 0.3) is 0 Å². The highest BCUT2D eigenvalue weighted by Gasteiger charge is 2.08. The van der Waals surface area contributed by atoms with E-state index in [0.717, 1.165) is 16.8 Å². The zero-order chi connectivity index (χ0) is 13.8. The maximum absolute atomic E-state index is 9.47. The largest absolute Gasteiger partial charge is 0.390 e. The smallest absolute Gasteiger partial charge is 0.204 e. The summed E-state index contributed by atoms with van der Waals surface area (Å²) in [6.45, 7) is 2.39. The van der Waals surface area contributed by atoms with E-state index in [-0.39, 0.29) is 5.88 Å². The molecule has 0 amide bonds. The fourth-order valence-electron chi connectivity index (χ4n) is 1.63. The van der Waals surface area contributed by atoms with Gasteiger partial charge in [0, 0.05) is 17.8 Å². The molecule has 0 saturated heterocycles. The highest BCUT2D eigenvalue weighted by Crippen LogP contribution is 2.22. The number of aromatic nitrogens is 4. The molecule has 0 saturated carbocycles. The molecule has 7 heteroatoms. The first-order valence-electron chi connectivity index (χ1n) is 5.93. The van der Waals surface area contributed by atoms with E-state index in [1.807, 2.05) is 25.1 Å². The molecule has 6 nitrogen and oxygen atoms in total. The Bertz CT molecular complexity index is 557. The molecule has 0 bridgehead atoms. The number of hydrogen-bond acceptors (Lipinski definition) is 5. The number of nitrogens with one attached hydrogen (secondary N) is 1. The summed E-state index contributed by atoms with van der Waals surface area (Å²) in [5.41, 5.74) is 2.88. The molecule has 1 heterocycles. The Labute approximate surface area is 116 Å². The van der Waals surface area contributed by atoms with Crippen LogP contribution in [-0.4, -0.2) is 43.8 Å². The molecule has 0 aliphatic heterocycles. The van der Waals surface area contributed by atoms with Gasteiger partial charge in [-0.2, -0.15) is 4.80 Å². The predicted octanol–water partition coefficient (Wildman–Crippen LogP) is 1.20. The summed E-state index contributed by atoms with van der Waals surface area (Å²) in [6.07, 6.45) is -0.570. The number of aryl methyl sites for hydroxylation is 2. The lowest BCUT2D eigenvalue weighted by Gasteiger charge is -2.13. The van der Waals surface area contributed by atoms with Gasteiger partial charge in [-0.15, -0.1) is 21.8 Å². The Kier molecular flexibility index (Phi) is 4.34. The van der Waals surface area contributed by atoms with Crippen LogP contribution in [0.1, 0.15) is 5.56 Å². The summed E-state index contributed by atoms with van der Waals surface area (Å²) in [5.74, 6) is 0.778. The molecule has 0 radical (unpaired) electrons. The van der Waals surface area contributed by atoms with E-state index in [9.17, 15) is 5.11 Å². The van der Waals surface area contributed by atoms with E-state index in [4.69, 9.17) is 11.6 Å². The van der Waals surface area contributed by atoms with Crippen molar-refractivity contribution in [2.24, 2.45) is 7.05 Å². The molecule has 1 aromatic carbocycles. The zero-order valence-corrected chi connectivity index (χ0v) is 11.6. The number of hydrogen-bond donors (Lipinski definition) is 2. The Morgan fingerprint density at radius 1 is 1.47 bits per heavy atom. The van der Waals surface area contributed by atoms with Crippen LogP contribution in [0.5, 0.6) is 0 Å². The Morgan fingerprint density at radius 3 is 2.89 bits per heavy atom. The van der Waals surface area contributed by atoms with Crippen molar-refractivity contribution >= 4 is 17.3 Å². The van der Waals surface area contributed by atoms with Crippen LogP contribution in [0, 0.1) is 6.92 Å². The van der Waals surface area contributed by atoms with Crippen molar-refractivity contribution in [1.29, 1.82) is 0 Å². The monoisotopic (exact) mass is 281 g/mol. The lowest BCUT2D eigenvalue weighted by atomic mass is 10.1. The first-order chi connectivity index (χ1) is 9.10. The summed E-state index contributed by atoms with van der Waals surface area (Å²) < 4.78 is 0. The maximum Gasteiger partial charge on any atom is 0.204 e. The molecule has 0 fully saturated rings. The van der Waals surface area contributed by atoms with Crippen molar-refractivity contribution in [3.05, 3.63) is 23.8 Å². The number of halogens is 1. The molecule has 0 aliphatic carbocycles. The molecule has 2 rings (SSSR count). The van der Waals surface area contributed by atoms with Gasteiger partial charge in [0.2, 0.25) is 5.82 Å². The Morgan fingerprint density at radius 2 is 2.26 bits per heavy atom. The fourth-order valence-corrected chi connectivity index (χ4v) is 1.74. The third-order valence-corrected chi connectivity index (χ3v) is 3.07. The minimum atomic E-state index is -0.570. The van der Waals surface area contributed by atoms with Gasteiger partial charge in [-0.25, -0.2) is 0 Å². The summed E-state index contributed by atoms with van der Waals surface area (Å²) >= 11 is 5.57. The number of rotatable bonds is 5. The zero-order valence-electron chi connectivity index (χ0n) is 10.8. The van der Waals surface area contributed by atoms with Gasteiger partial charge in [-0.3, -0.25) is 0 Å². The average Bonchev–Trinajstić information content (AvgIpc) is 2.84. The molecule has 1 aromatic heterocycles.